The second-order valence-corrected chi connectivity index (χ2v) is 8.24. The number of carbonyl (C=O) groups is 3. The highest BCUT2D eigenvalue weighted by molar-refractivity contribution is 7.80. The van der Waals surface area contributed by atoms with E-state index in [1.54, 1.807) is 66.2 Å². The van der Waals surface area contributed by atoms with E-state index in [2.05, 4.69) is 10.7 Å². The fraction of sp³-hybridized carbons (Fsp3) is 0.154. The molecule has 0 bridgehead atoms. The Labute approximate surface area is 208 Å². The minimum absolute atomic E-state index is 0.00177. The second kappa shape index (κ2) is 9.94. The summed E-state index contributed by atoms with van der Waals surface area (Å²) in [4.78, 5) is 39.9. The largest absolute Gasteiger partial charge is 0.494 e. The Bertz CT molecular complexity index is 1340. The van der Waals surface area contributed by atoms with Gasteiger partial charge in [0.2, 0.25) is 0 Å². The van der Waals surface area contributed by atoms with E-state index in [0.29, 0.717) is 34.9 Å². The number of ether oxygens (including phenoxy) is 1. The highest BCUT2D eigenvalue weighted by Gasteiger charge is 2.34. The van der Waals surface area contributed by atoms with Gasteiger partial charge in [0.05, 0.1) is 12.3 Å². The van der Waals surface area contributed by atoms with Gasteiger partial charge in [0.25, 0.3) is 17.7 Å². The summed E-state index contributed by atoms with van der Waals surface area (Å²) in [7, 11) is 0. The van der Waals surface area contributed by atoms with Gasteiger partial charge in [-0.2, -0.15) is 0 Å². The number of thiocarbonyl (C=S) groups is 1. The zero-order valence-electron chi connectivity index (χ0n) is 19.5. The molecule has 9 heteroatoms. The SMILES string of the molecule is CCOc1ccc(N2C(=O)/C(=C/c3cc(C)n(NC(=O)c4ccccc4)c3C)C(=O)NC2=S)cc1. The van der Waals surface area contributed by atoms with Crippen LogP contribution in [0.2, 0.25) is 0 Å². The van der Waals surface area contributed by atoms with Crippen molar-refractivity contribution in [3.63, 3.8) is 0 Å². The molecule has 0 saturated carbocycles. The Morgan fingerprint density at radius 2 is 1.77 bits per heavy atom. The molecule has 2 N–H and O–H groups in total. The van der Waals surface area contributed by atoms with Crippen LogP contribution < -0.4 is 20.4 Å². The van der Waals surface area contributed by atoms with Gasteiger partial charge in [-0.1, -0.05) is 18.2 Å². The van der Waals surface area contributed by atoms with Gasteiger partial charge < -0.3 is 4.74 Å². The van der Waals surface area contributed by atoms with Gasteiger partial charge in [-0.15, -0.1) is 0 Å². The molecule has 35 heavy (non-hydrogen) atoms. The molecular formula is C26H24N4O4S. The average molecular weight is 489 g/mol. The third-order valence-corrected chi connectivity index (χ3v) is 5.81. The van der Waals surface area contributed by atoms with E-state index in [1.807, 2.05) is 19.9 Å². The smallest absolute Gasteiger partial charge is 0.270 e. The molecule has 3 amide bonds. The van der Waals surface area contributed by atoms with Crippen molar-refractivity contribution in [1.82, 2.24) is 9.99 Å². The van der Waals surface area contributed by atoms with E-state index in [-0.39, 0.29) is 16.6 Å². The molecule has 0 unspecified atom stereocenters. The Balaban J connectivity index is 1.63. The van der Waals surface area contributed by atoms with Crippen LogP contribution in [0.15, 0.2) is 66.2 Å². The van der Waals surface area contributed by atoms with Crippen molar-refractivity contribution >= 4 is 46.8 Å². The molecule has 1 aliphatic rings. The zero-order chi connectivity index (χ0) is 25.1. The number of benzene rings is 2. The van der Waals surface area contributed by atoms with Crippen LogP contribution in [0.3, 0.4) is 0 Å². The molecule has 1 aliphatic heterocycles. The Morgan fingerprint density at radius 3 is 2.43 bits per heavy atom. The van der Waals surface area contributed by atoms with Crippen molar-refractivity contribution in [2.45, 2.75) is 20.8 Å². The van der Waals surface area contributed by atoms with Gasteiger partial charge in [0, 0.05) is 17.0 Å². The number of rotatable bonds is 6. The molecule has 178 valence electrons. The first-order valence-electron chi connectivity index (χ1n) is 11.0. The molecule has 2 aromatic carbocycles. The maximum absolute atomic E-state index is 13.3. The lowest BCUT2D eigenvalue weighted by Gasteiger charge is -2.29. The van der Waals surface area contributed by atoms with Crippen molar-refractivity contribution in [3.05, 3.63) is 88.8 Å². The van der Waals surface area contributed by atoms with Crippen molar-refractivity contribution in [2.75, 3.05) is 16.9 Å². The summed E-state index contributed by atoms with van der Waals surface area (Å²) < 4.78 is 7.08. The highest BCUT2D eigenvalue weighted by Crippen LogP contribution is 2.25. The Morgan fingerprint density at radius 1 is 1.09 bits per heavy atom. The van der Waals surface area contributed by atoms with E-state index in [1.165, 1.54) is 11.0 Å². The summed E-state index contributed by atoms with van der Waals surface area (Å²) in [5, 5.41) is 2.59. The number of carbonyl (C=O) groups excluding carboxylic acids is 3. The summed E-state index contributed by atoms with van der Waals surface area (Å²) in [6.07, 6.45) is 1.51. The second-order valence-electron chi connectivity index (χ2n) is 7.85. The monoisotopic (exact) mass is 488 g/mol. The molecule has 4 rings (SSSR count). The van der Waals surface area contributed by atoms with Crippen LogP contribution in [0.25, 0.3) is 6.08 Å². The van der Waals surface area contributed by atoms with E-state index >= 15 is 0 Å². The molecule has 1 fully saturated rings. The summed E-state index contributed by atoms with van der Waals surface area (Å²) in [5.74, 6) is -0.733. The van der Waals surface area contributed by atoms with Crippen molar-refractivity contribution in [2.24, 2.45) is 0 Å². The maximum Gasteiger partial charge on any atom is 0.270 e. The molecule has 2 heterocycles. The summed E-state index contributed by atoms with van der Waals surface area (Å²) in [6, 6.07) is 17.5. The van der Waals surface area contributed by atoms with Gasteiger partial charge in [0.15, 0.2) is 5.11 Å². The summed E-state index contributed by atoms with van der Waals surface area (Å²) in [6.45, 7) is 6.02. The van der Waals surface area contributed by atoms with Gasteiger partial charge in [0.1, 0.15) is 11.3 Å². The minimum atomic E-state index is -0.583. The van der Waals surface area contributed by atoms with Gasteiger partial charge in [-0.3, -0.25) is 34.7 Å². The van der Waals surface area contributed by atoms with Gasteiger partial charge in [-0.25, -0.2) is 0 Å². The summed E-state index contributed by atoms with van der Waals surface area (Å²) >= 11 is 5.27. The van der Waals surface area contributed by atoms with Crippen LogP contribution in [-0.2, 0) is 9.59 Å². The lowest BCUT2D eigenvalue weighted by atomic mass is 10.1. The number of nitrogens with zero attached hydrogens (tertiary/aromatic N) is 2. The Kier molecular flexibility index (Phi) is 6.79. The van der Waals surface area contributed by atoms with Crippen LogP contribution in [0.1, 0.15) is 34.2 Å². The van der Waals surface area contributed by atoms with Crippen LogP contribution >= 0.6 is 12.2 Å². The van der Waals surface area contributed by atoms with E-state index in [4.69, 9.17) is 17.0 Å². The number of amides is 3. The van der Waals surface area contributed by atoms with Crippen LogP contribution in [0.5, 0.6) is 5.75 Å². The molecule has 1 saturated heterocycles. The number of anilines is 1. The van der Waals surface area contributed by atoms with Crippen LogP contribution in [0, 0.1) is 13.8 Å². The number of aromatic nitrogens is 1. The third-order valence-electron chi connectivity index (χ3n) is 5.53. The van der Waals surface area contributed by atoms with Crippen molar-refractivity contribution < 1.29 is 19.1 Å². The van der Waals surface area contributed by atoms with Crippen molar-refractivity contribution in [1.29, 1.82) is 0 Å². The number of aryl methyl sites for hydroxylation is 1. The average Bonchev–Trinajstić information content (AvgIpc) is 3.10. The van der Waals surface area contributed by atoms with Gasteiger partial charge in [-0.05, 0) is 87.1 Å². The van der Waals surface area contributed by atoms with E-state index in [9.17, 15) is 14.4 Å². The van der Waals surface area contributed by atoms with Gasteiger partial charge >= 0.3 is 0 Å². The van der Waals surface area contributed by atoms with Crippen molar-refractivity contribution in [3.8, 4) is 5.75 Å². The van der Waals surface area contributed by atoms with Crippen LogP contribution in [-0.4, -0.2) is 34.1 Å². The maximum atomic E-state index is 13.3. The quantitative estimate of drug-likeness (QED) is 0.314. The molecule has 0 aliphatic carbocycles. The number of hydrogen-bond donors (Lipinski definition) is 2. The zero-order valence-corrected chi connectivity index (χ0v) is 20.3. The van der Waals surface area contributed by atoms with E-state index < -0.39 is 11.8 Å². The molecule has 0 radical (unpaired) electrons. The van der Waals surface area contributed by atoms with Crippen LogP contribution in [0.4, 0.5) is 5.69 Å². The molecule has 1 aromatic heterocycles. The summed E-state index contributed by atoms with van der Waals surface area (Å²) in [5.41, 5.74) is 5.83. The number of hydrogen-bond acceptors (Lipinski definition) is 5. The molecule has 3 aromatic rings. The predicted molar refractivity (Wildman–Crippen MR) is 138 cm³/mol. The fourth-order valence-corrected chi connectivity index (χ4v) is 4.05. The highest BCUT2D eigenvalue weighted by atomic mass is 32.1. The minimum Gasteiger partial charge on any atom is -0.494 e. The molecule has 8 nitrogen and oxygen atoms in total. The molecule has 0 spiro atoms. The predicted octanol–water partition coefficient (Wildman–Crippen LogP) is 3.72. The van der Waals surface area contributed by atoms with E-state index in [0.717, 1.165) is 5.69 Å². The first-order chi connectivity index (χ1) is 16.8. The standard InChI is InChI=1S/C26H24N4O4S/c1-4-34-21-12-10-20(11-13-21)29-25(33)22(24(32)27-26(29)35)15-19-14-16(2)30(17(19)3)28-23(31)18-8-6-5-7-9-18/h5-15H,4H2,1-3H3,(H,28,31)(H,27,32,35)/b22-15+. The normalized spacial score (nSPS) is 14.8. The Hall–Kier alpha value is -4.24. The topological polar surface area (TPSA) is 92.7 Å². The first kappa shape index (κ1) is 23.9. The molecule has 0 atom stereocenters. The molecular weight excluding hydrogens is 464 g/mol. The number of nitrogens with one attached hydrogen (secondary N) is 2. The lowest BCUT2D eigenvalue weighted by molar-refractivity contribution is -0.122. The lowest BCUT2D eigenvalue weighted by Crippen LogP contribution is -2.54. The fourth-order valence-electron chi connectivity index (χ4n) is 3.77. The first-order valence-corrected chi connectivity index (χ1v) is 11.4. The third kappa shape index (κ3) is 4.85.